The normalized spacial score (nSPS) is 14.7. The summed E-state index contributed by atoms with van der Waals surface area (Å²) in [5, 5.41) is 3.91. The summed E-state index contributed by atoms with van der Waals surface area (Å²) < 4.78 is 43.3. The van der Waals surface area contributed by atoms with E-state index in [1.165, 1.54) is 12.1 Å². The zero-order valence-corrected chi connectivity index (χ0v) is 14.4. The Kier molecular flexibility index (Phi) is 4.65. The topological polar surface area (TPSA) is 55.1 Å². The Morgan fingerprint density at radius 3 is 2.48 bits per heavy atom. The molecule has 0 saturated heterocycles. The van der Waals surface area contributed by atoms with Crippen LogP contribution in [0.25, 0.3) is 11.4 Å². The number of hydrogen-bond donors (Lipinski definition) is 0. The van der Waals surface area contributed by atoms with Crippen LogP contribution in [0, 0.1) is 0 Å². The van der Waals surface area contributed by atoms with Crippen LogP contribution < -0.4 is 0 Å². The molecule has 1 saturated carbocycles. The van der Waals surface area contributed by atoms with E-state index in [4.69, 9.17) is 4.52 Å². The minimum atomic E-state index is -4.36. The van der Waals surface area contributed by atoms with Gasteiger partial charge in [-0.3, -0.25) is 9.88 Å². The van der Waals surface area contributed by atoms with Crippen LogP contribution in [0.2, 0.25) is 0 Å². The number of hydrogen-bond acceptors (Lipinski definition) is 5. The number of rotatable bonds is 6. The molecule has 8 heteroatoms. The summed E-state index contributed by atoms with van der Waals surface area (Å²) in [5.41, 5.74) is 0.890. The highest BCUT2D eigenvalue weighted by Crippen LogP contribution is 2.31. The number of pyridine rings is 1. The predicted molar refractivity (Wildman–Crippen MR) is 91.2 cm³/mol. The second kappa shape index (κ2) is 7.11. The summed E-state index contributed by atoms with van der Waals surface area (Å²) in [4.78, 5) is 10.7. The van der Waals surface area contributed by atoms with Gasteiger partial charge in [-0.05, 0) is 36.6 Å². The molecule has 0 spiro atoms. The fraction of sp³-hybridized carbons (Fsp3) is 0.316. The Hall–Kier alpha value is -2.74. The highest BCUT2D eigenvalue weighted by Gasteiger charge is 2.31. The molecule has 2 heterocycles. The van der Waals surface area contributed by atoms with Crippen molar-refractivity contribution in [3.63, 3.8) is 0 Å². The van der Waals surface area contributed by atoms with Crippen LogP contribution in [0.3, 0.4) is 0 Å². The van der Waals surface area contributed by atoms with Gasteiger partial charge in [0.05, 0.1) is 12.1 Å². The van der Waals surface area contributed by atoms with Gasteiger partial charge >= 0.3 is 6.18 Å². The third kappa shape index (κ3) is 4.33. The fourth-order valence-electron chi connectivity index (χ4n) is 2.90. The van der Waals surface area contributed by atoms with Gasteiger partial charge in [0.25, 0.3) is 0 Å². The summed E-state index contributed by atoms with van der Waals surface area (Å²) in [6, 6.07) is 9.14. The van der Waals surface area contributed by atoms with Crippen LogP contribution in [0.15, 0.2) is 53.3 Å². The minimum absolute atomic E-state index is 0.288. The maximum absolute atomic E-state index is 12.7. The van der Waals surface area contributed by atoms with Gasteiger partial charge in [-0.2, -0.15) is 18.2 Å². The van der Waals surface area contributed by atoms with Crippen LogP contribution in [0.5, 0.6) is 0 Å². The van der Waals surface area contributed by atoms with E-state index in [0.717, 1.165) is 37.1 Å². The third-order valence-corrected chi connectivity index (χ3v) is 4.45. The average molecular weight is 374 g/mol. The first-order chi connectivity index (χ1) is 13.0. The molecule has 4 rings (SSSR count). The SMILES string of the molecule is FC(F)(F)c1ccc(-c2noc(CN(Cc3cccnc3)C3CC3)n2)cc1. The molecule has 1 fully saturated rings. The molecule has 1 aliphatic carbocycles. The second-order valence-corrected chi connectivity index (χ2v) is 6.58. The first-order valence-corrected chi connectivity index (χ1v) is 8.62. The van der Waals surface area contributed by atoms with Crippen LogP contribution in [0.1, 0.15) is 29.9 Å². The smallest absolute Gasteiger partial charge is 0.338 e. The van der Waals surface area contributed by atoms with E-state index in [0.29, 0.717) is 24.0 Å². The van der Waals surface area contributed by atoms with Gasteiger partial charge < -0.3 is 4.52 Å². The molecule has 0 amide bonds. The Bertz CT molecular complexity index is 889. The Labute approximate surface area is 153 Å². The Morgan fingerprint density at radius 1 is 1.07 bits per heavy atom. The highest BCUT2D eigenvalue weighted by atomic mass is 19.4. The summed E-state index contributed by atoms with van der Waals surface area (Å²) >= 11 is 0. The molecule has 140 valence electrons. The van der Waals surface area contributed by atoms with Crippen molar-refractivity contribution in [3.8, 4) is 11.4 Å². The van der Waals surface area contributed by atoms with Gasteiger partial charge in [-0.1, -0.05) is 23.4 Å². The maximum Gasteiger partial charge on any atom is 0.416 e. The molecule has 0 unspecified atom stereocenters. The average Bonchev–Trinajstić information content (AvgIpc) is 3.41. The zero-order valence-electron chi connectivity index (χ0n) is 14.4. The summed E-state index contributed by atoms with van der Waals surface area (Å²) in [6.45, 7) is 1.23. The zero-order chi connectivity index (χ0) is 18.9. The van der Waals surface area contributed by atoms with Gasteiger partial charge in [0.2, 0.25) is 11.7 Å². The number of aromatic nitrogens is 3. The largest absolute Gasteiger partial charge is 0.416 e. The Balaban J connectivity index is 1.47. The second-order valence-electron chi connectivity index (χ2n) is 6.58. The Morgan fingerprint density at radius 2 is 1.85 bits per heavy atom. The molecule has 0 aliphatic heterocycles. The molecule has 1 aliphatic rings. The van der Waals surface area contributed by atoms with Gasteiger partial charge in [-0.25, -0.2) is 0 Å². The van der Waals surface area contributed by atoms with Crippen molar-refractivity contribution in [2.24, 2.45) is 0 Å². The molecule has 0 atom stereocenters. The van der Waals surface area contributed by atoms with E-state index in [2.05, 4.69) is 20.0 Å². The molecule has 3 aromatic rings. The van der Waals surface area contributed by atoms with Gasteiger partial charge in [0, 0.05) is 30.5 Å². The molecule has 2 aromatic heterocycles. The molecular formula is C19H17F3N4O. The van der Waals surface area contributed by atoms with Crippen LogP contribution in [-0.2, 0) is 19.3 Å². The van der Waals surface area contributed by atoms with E-state index in [-0.39, 0.29) is 5.82 Å². The molecule has 5 nitrogen and oxygen atoms in total. The molecule has 0 N–H and O–H groups in total. The molecule has 0 radical (unpaired) electrons. The third-order valence-electron chi connectivity index (χ3n) is 4.45. The standard InChI is InChI=1S/C19H17F3N4O/c20-19(21,22)15-5-3-14(4-6-15)18-24-17(27-25-18)12-26(16-7-8-16)11-13-2-1-9-23-10-13/h1-6,9-10,16H,7-8,11-12H2. The molecule has 0 bridgehead atoms. The first kappa shape index (κ1) is 17.7. The lowest BCUT2D eigenvalue weighted by atomic mass is 10.1. The van der Waals surface area contributed by atoms with Crippen LogP contribution in [0.4, 0.5) is 13.2 Å². The number of benzene rings is 1. The van der Waals surface area contributed by atoms with Crippen LogP contribution >= 0.6 is 0 Å². The van der Waals surface area contributed by atoms with Crippen molar-refractivity contribution in [1.82, 2.24) is 20.0 Å². The lowest BCUT2D eigenvalue weighted by Crippen LogP contribution is -2.25. The molecular weight excluding hydrogens is 357 g/mol. The quantitative estimate of drug-likeness (QED) is 0.643. The van der Waals surface area contributed by atoms with Crippen molar-refractivity contribution in [2.75, 3.05) is 0 Å². The van der Waals surface area contributed by atoms with Crippen molar-refractivity contribution in [2.45, 2.75) is 38.1 Å². The van der Waals surface area contributed by atoms with E-state index in [1.807, 2.05) is 18.3 Å². The van der Waals surface area contributed by atoms with Crippen molar-refractivity contribution in [1.29, 1.82) is 0 Å². The predicted octanol–water partition coefficient (Wildman–Crippen LogP) is 4.32. The molecule has 1 aromatic carbocycles. The van der Waals surface area contributed by atoms with E-state index >= 15 is 0 Å². The minimum Gasteiger partial charge on any atom is -0.338 e. The van der Waals surface area contributed by atoms with Crippen LogP contribution in [-0.4, -0.2) is 26.1 Å². The lowest BCUT2D eigenvalue weighted by Gasteiger charge is -2.19. The van der Waals surface area contributed by atoms with Gasteiger partial charge in [0.1, 0.15) is 0 Å². The highest BCUT2D eigenvalue weighted by molar-refractivity contribution is 5.54. The maximum atomic E-state index is 12.7. The van der Waals surface area contributed by atoms with E-state index in [9.17, 15) is 13.2 Å². The number of alkyl halides is 3. The summed E-state index contributed by atoms with van der Waals surface area (Å²) in [7, 11) is 0. The monoisotopic (exact) mass is 374 g/mol. The number of halogens is 3. The van der Waals surface area contributed by atoms with E-state index in [1.54, 1.807) is 6.20 Å². The number of nitrogens with zero attached hydrogens (tertiary/aromatic N) is 4. The van der Waals surface area contributed by atoms with Gasteiger partial charge in [-0.15, -0.1) is 0 Å². The summed E-state index contributed by atoms with van der Waals surface area (Å²) in [5.74, 6) is 0.733. The van der Waals surface area contributed by atoms with Crippen molar-refractivity contribution in [3.05, 3.63) is 65.8 Å². The first-order valence-electron chi connectivity index (χ1n) is 8.62. The van der Waals surface area contributed by atoms with Crippen molar-refractivity contribution >= 4 is 0 Å². The van der Waals surface area contributed by atoms with Crippen molar-refractivity contribution < 1.29 is 17.7 Å². The fourth-order valence-corrected chi connectivity index (χ4v) is 2.90. The molecule has 27 heavy (non-hydrogen) atoms. The summed E-state index contributed by atoms with van der Waals surface area (Å²) in [6.07, 6.45) is 1.45. The lowest BCUT2D eigenvalue weighted by molar-refractivity contribution is -0.137. The van der Waals surface area contributed by atoms with E-state index < -0.39 is 11.7 Å². The van der Waals surface area contributed by atoms with Gasteiger partial charge in [0.15, 0.2) is 0 Å².